The van der Waals surface area contributed by atoms with Gasteiger partial charge < -0.3 is 14.4 Å². The highest BCUT2D eigenvalue weighted by Crippen LogP contribution is 2.33. The van der Waals surface area contributed by atoms with E-state index in [4.69, 9.17) is 0 Å². The molecule has 0 amide bonds. The summed E-state index contributed by atoms with van der Waals surface area (Å²) in [6.07, 6.45) is 3.53. The second-order valence-corrected chi connectivity index (χ2v) is 6.93. The molecule has 126 valence electrons. The Kier molecular flexibility index (Phi) is 4.06. The molecule has 0 saturated carbocycles. The molecule has 6 heteroatoms. The number of nitrogens with zero attached hydrogens (tertiary/aromatic N) is 5. The molecule has 2 aromatic rings. The van der Waals surface area contributed by atoms with Gasteiger partial charge in [0, 0.05) is 63.3 Å². The van der Waals surface area contributed by atoms with Crippen LogP contribution in [0, 0.1) is 18.8 Å². The third-order valence-corrected chi connectivity index (χ3v) is 5.23. The molecule has 4 heterocycles. The largest absolute Gasteiger partial charge is 0.356 e. The van der Waals surface area contributed by atoms with Crippen LogP contribution in [0.1, 0.15) is 5.69 Å². The van der Waals surface area contributed by atoms with Crippen molar-refractivity contribution in [1.29, 1.82) is 0 Å². The van der Waals surface area contributed by atoms with E-state index in [-0.39, 0.29) is 5.56 Å². The van der Waals surface area contributed by atoms with Gasteiger partial charge in [0.15, 0.2) is 0 Å². The van der Waals surface area contributed by atoms with Crippen molar-refractivity contribution in [2.24, 2.45) is 11.8 Å². The van der Waals surface area contributed by atoms with Crippen LogP contribution in [-0.4, -0.2) is 52.2 Å². The Labute approximate surface area is 141 Å². The van der Waals surface area contributed by atoms with Gasteiger partial charge in [0.2, 0.25) is 0 Å². The van der Waals surface area contributed by atoms with Crippen LogP contribution >= 0.6 is 0 Å². The first kappa shape index (κ1) is 15.3. The van der Waals surface area contributed by atoms with Crippen LogP contribution in [0.5, 0.6) is 0 Å². The predicted octanol–water partition coefficient (Wildman–Crippen LogP) is 1.01. The number of likely N-dealkylation sites (tertiary alicyclic amines) is 1. The fourth-order valence-corrected chi connectivity index (χ4v) is 3.97. The van der Waals surface area contributed by atoms with Gasteiger partial charge in [-0.05, 0) is 24.8 Å². The molecular formula is C18H23N5O. The van der Waals surface area contributed by atoms with Crippen LogP contribution in [0.2, 0.25) is 0 Å². The predicted molar refractivity (Wildman–Crippen MR) is 93.1 cm³/mol. The van der Waals surface area contributed by atoms with Gasteiger partial charge in [-0.2, -0.15) is 0 Å². The van der Waals surface area contributed by atoms with Gasteiger partial charge in [-0.1, -0.05) is 6.07 Å². The van der Waals surface area contributed by atoms with E-state index in [0.717, 1.165) is 50.8 Å². The third-order valence-electron chi connectivity index (χ3n) is 5.23. The van der Waals surface area contributed by atoms with Crippen LogP contribution < -0.4 is 10.5 Å². The van der Waals surface area contributed by atoms with E-state index in [9.17, 15) is 4.79 Å². The van der Waals surface area contributed by atoms with Gasteiger partial charge in [-0.25, -0.2) is 9.97 Å². The highest BCUT2D eigenvalue weighted by Gasteiger charge is 2.40. The lowest BCUT2D eigenvalue weighted by Crippen LogP contribution is -2.32. The summed E-state index contributed by atoms with van der Waals surface area (Å²) in [5.74, 6) is 2.46. The number of hydrogen-bond donors (Lipinski definition) is 0. The zero-order valence-electron chi connectivity index (χ0n) is 14.0. The summed E-state index contributed by atoms with van der Waals surface area (Å²) in [4.78, 5) is 25.3. The Morgan fingerprint density at radius 3 is 2.58 bits per heavy atom. The normalized spacial score (nSPS) is 23.6. The highest BCUT2D eigenvalue weighted by molar-refractivity contribution is 5.40. The van der Waals surface area contributed by atoms with Gasteiger partial charge >= 0.3 is 0 Å². The average Bonchev–Trinajstić information content (AvgIpc) is 3.12. The number of pyridine rings is 1. The molecule has 2 fully saturated rings. The molecule has 0 spiro atoms. The van der Waals surface area contributed by atoms with E-state index >= 15 is 0 Å². The summed E-state index contributed by atoms with van der Waals surface area (Å²) in [7, 11) is 0. The van der Waals surface area contributed by atoms with Gasteiger partial charge in [-0.3, -0.25) is 4.79 Å². The molecule has 0 radical (unpaired) electrons. The minimum absolute atomic E-state index is 0.0854. The number of aryl methyl sites for hydroxylation is 1. The van der Waals surface area contributed by atoms with Crippen molar-refractivity contribution in [3.8, 4) is 0 Å². The van der Waals surface area contributed by atoms with Crippen molar-refractivity contribution in [1.82, 2.24) is 19.4 Å². The molecule has 4 rings (SSSR count). The molecule has 2 unspecified atom stereocenters. The second-order valence-electron chi connectivity index (χ2n) is 6.93. The minimum Gasteiger partial charge on any atom is -0.356 e. The fourth-order valence-electron chi connectivity index (χ4n) is 3.97. The zero-order chi connectivity index (χ0) is 16.5. The van der Waals surface area contributed by atoms with Gasteiger partial charge in [0.25, 0.3) is 5.56 Å². The summed E-state index contributed by atoms with van der Waals surface area (Å²) in [5.41, 5.74) is 1.11. The zero-order valence-corrected chi connectivity index (χ0v) is 14.0. The van der Waals surface area contributed by atoms with E-state index in [0.29, 0.717) is 11.8 Å². The summed E-state index contributed by atoms with van der Waals surface area (Å²) >= 11 is 0. The van der Waals surface area contributed by atoms with Crippen molar-refractivity contribution in [2.75, 3.05) is 37.6 Å². The monoisotopic (exact) mass is 325 g/mol. The molecule has 2 saturated heterocycles. The first-order chi connectivity index (χ1) is 11.7. The molecule has 24 heavy (non-hydrogen) atoms. The molecule has 0 aromatic carbocycles. The maximum absolute atomic E-state index is 11.8. The molecule has 0 N–H and O–H groups in total. The Balaban J connectivity index is 1.33. The Hall–Kier alpha value is -2.21. The van der Waals surface area contributed by atoms with Crippen molar-refractivity contribution in [2.45, 2.75) is 13.5 Å². The molecule has 0 bridgehead atoms. The number of fused-ring (bicyclic) bond motifs is 1. The summed E-state index contributed by atoms with van der Waals surface area (Å²) in [6.45, 7) is 8.11. The van der Waals surface area contributed by atoms with E-state index in [1.54, 1.807) is 23.0 Å². The molecule has 2 atom stereocenters. The Morgan fingerprint density at radius 2 is 1.88 bits per heavy atom. The van der Waals surface area contributed by atoms with Crippen LogP contribution in [0.3, 0.4) is 0 Å². The van der Waals surface area contributed by atoms with Crippen LogP contribution in [0.4, 0.5) is 5.82 Å². The lowest BCUT2D eigenvalue weighted by molar-refractivity contribution is 0.301. The molecule has 2 aliphatic heterocycles. The van der Waals surface area contributed by atoms with E-state index < -0.39 is 0 Å². The average molecular weight is 325 g/mol. The molecule has 2 aromatic heterocycles. The van der Waals surface area contributed by atoms with Gasteiger partial charge in [0.1, 0.15) is 12.1 Å². The maximum atomic E-state index is 11.8. The number of rotatable bonds is 4. The van der Waals surface area contributed by atoms with Gasteiger partial charge in [-0.15, -0.1) is 0 Å². The minimum atomic E-state index is 0.0854. The Bertz CT molecular complexity index is 760. The van der Waals surface area contributed by atoms with Crippen LogP contribution in [0.25, 0.3) is 0 Å². The number of anilines is 1. The maximum Gasteiger partial charge on any atom is 0.250 e. The van der Waals surface area contributed by atoms with Crippen LogP contribution in [0.15, 0.2) is 41.6 Å². The topological polar surface area (TPSA) is 54.3 Å². The molecule has 6 nitrogen and oxygen atoms in total. The van der Waals surface area contributed by atoms with Crippen molar-refractivity contribution in [3.05, 3.63) is 52.8 Å². The molecular weight excluding hydrogens is 302 g/mol. The lowest BCUT2D eigenvalue weighted by atomic mass is 10.0. The Morgan fingerprint density at radius 1 is 1.08 bits per heavy atom. The molecule has 0 aliphatic carbocycles. The summed E-state index contributed by atoms with van der Waals surface area (Å²) in [5, 5.41) is 0. The summed E-state index contributed by atoms with van der Waals surface area (Å²) < 4.78 is 1.80. The molecule has 2 aliphatic rings. The van der Waals surface area contributed by atoms with Crippen molar-refractivity contribution in [3.63, 3.8) is 0 Å². The first-order valence-electron chi connectivity index (χ1n) is 8.60. The first-order valence-corrected chi connectivity index (χ1v) is 8.60. The SMILES string of the molecule is Cc1cc(N2CC3CN(CCn4ccccc4=O)CC3C2)ncn1. The van der Waals surface area contributed by atoms with Crippen molar-refractivity contribution >= 4 is 5.82 Å². The van der Waals surface area contributed by atoms with E-state index in [2.05, 4.69) is 25.8 Å². The van der Waals surface area contributed by atoms with E-state index in [1.807, 2.05) is 19.2 Å². The fraction of sp³-hybridized carbons (Fsp3) is 0.500. The summed E-state index contributed by atoms with van der Waals surface area (Å²) in [6, 6.07) is 7.41. The van der Waals surface area contributed by atoms with Crippen molar-refractivity contribution < 1.29 is 0 Å². The van der Waals surface area contributed by atoms with Crippen LogP contribution in [-0.2, 0) is 6.54 Å². The lowest BCUT2D eigenvalue weighted by Gasteiger charge is -2.22. The third kappa shape index (κ3) is 3.06. The number of aromatic nitrogens is 3. The number of hydrogen-bond acceptors (Lipinski definition) is 5. The second kappa shape index (κ2) is 6.36. The van der Waals surface area contributed by atoms with Gasteiger partial charge in [0.05, 0.1) is 0 Å². The smallest absolute Gasteiger partial charge is 0.250 e. The standard InChI is InChI=1S/C18H23N5O/c1-14-8-17(20-13-19-14)23-11-15-9-21(10-16(15)12-23)6-7-22-5-3-2-4-18(22)24/h2-5,8,13,15-16H,6-7,9-12H2,1H3. The highest BCUT2D eigenvalue weighted by atomic mass is 16.1. The quantitative estimate of drug-likeness (QED) is 0.840. The van der Waals surface area contributed by atoms with E-state index in [1.165, 1.54) is 0 Å².